The Balaban J connectivity index is 3.06. The molecular weight excluding hydrogens is 209 g/mol. The Morgan fingerprint density at radius 3 is 2.75 bits per heavy atom. The normalized spacial score (nSPS) is 8.75. The van der Waals surface area contributed by atoms with Crippen molar-refractivity contribution in [2.75, 3.05) is 4.56 Å². The van der Waals surface area contributed by atoms with Crippen LogP contribution < -0.4 is 5.32 Å². The van der Waals surface area contributed by atoms with Gasteiger partial charge in [-0.2, -0.15) is 0 Å². The fourth-order valence-corrected chi connectivity index (χ4v) is 0.977. The molecule has 2 nitrogen and oxygen atoms in total. The van der Waals surface area contributed by atoms with E-state index in [2.05, 4.69) is 5.32 Å². The second-order valence-corrected chi connectivity index (χ2v) is 2.54. The van der Waals surface area contributed by atoms with Gasteiger partial charge in [-0.3, -0.25) is 0 Å². The van der Waals surface area contributed by atoms with Crippen LogP contribution in [-0.2, 0) is 4.79 Å². The van der Waals surface area contributed by atoms with E-state index in [1.54, 1.807) is 0 Å². The van der Waals surface area contributed by atoms with Crippen LogP contribution in [0.2, 0.25) is 0 Å². The molecule has 0 aliphatic carbocycles. The van der Waals surface area contributed by atoms with Gasteiger partial charge in [-0.25, -0.2) is 0 Å². The van der Waals surface area contributed by atoms with Gasteiger partial charge in [0.05, 0.1) is 0 Å². The van der Waals surface area contributed by atoms with E-state index in [0.29, 0.717) is 6.42 Å². The molecule has 0 bridgehead atoms. The molecular formula is C5H10NOSn. The molecule has 3 heteroatoms. The Morgan fingerprint density at radius 2 is 2.38 bits per heavy atom. The van der Waals surface area contributed by atoms with Crippen LogP contribution in [0.5, 0.6) is 0 Å². The topological polar surface area (TPSA) is 29.1 Å². The summed E-state index contributed by atoms with van der Waals surface area (Å²) >= 11 is 1.37. The molecule has 0 atom stereocenters. The Hall–Kier alpha value is 0.269. The van der Waals surface area contributed by atoms with Crippen molar-refractivity contribution in [1.82, 2.24) is 5.32 Å². The summed E-state index contributed by atoms with van der Waals surface area (Å²) in [5.74, 6) is 0.185. The zero-order chi connectivity index (χ0) is 6.41. The van der Waals surface area contributed by atoms with Gasteiger partial charge in [0.2, 0.25) is 0 Å². The summed E-state index contributed by atoms with van der Waals surface area (Å²) in [6.07, 6.45) is 1.62. The van der Waals surface area contributed by atoms with Crippen LogP contribution in [0.25, 0.3) is 0 Å². The summed E-state index contributed by atoms with van der Waals surface area (Å²) in [5, 5.41) is 2.75. The van der Waals surface area contributed by atoms with Crippen LogP contribution in [-0.4, -0.2) is 33.0 Å². The van der Waals surface area contributed by atoms with E-state index in [1.807, 2.05) is 6.92 Å². The van der Waals surface area contributed by atoms with E-state index in [0.717, 1.165) is 11.0 Å². The molecule has 0 heterocycles. The first-order valence-electron chi connectivity index (χ1n) is 2.72. The standard InChI is InChI=1S/C5H10NO.Sn/c1-3-4-5(7)6-2;/h2-4H2,1H3,(H,6,7);. The van der Waals surface area contributed by atoms with Crippen LogP contribution in [0.3, 0.4) is 0 Å². The first kappa shape index (κ1) is 8.27. The molecule has 0 saturated carbocycles. The SMILES string of the molecule is CCCC(=O)N[CH2][Sn]. The first-order chi connectivity index (χ1) is 3.81. The fourth-order valence-electron chi connectivity index (χ4n) is 0.414. The molecule has 0 aliphatic heterocycles. The van der Waals surface area contributed by atoms with E-state index in [-0.39, 0.29) is 5.91 Å². The van der Waals surface area contributed by atoms with Crippen molar-refractivity contribution in [2.24, 2.45) is 0 Å². The molecule has 3 radical (unpaired) electrons. The fraction of sp³-hybridized carbons (Fsp3) is 0.800. The van der Waals surface area contributed by atoms with Crippen LogP contribution in [0.4, 0.5) is 0 Å². The molecule has 0 spiro atoms. The predicted molar refractivity (Wildman–Crippen MR) is 33.7 cm³/mol. The summed E-state index contributed by atoms with van der Waals surface area (Å²) in [5.41, 5.74) is 0. The Bertz CT molecular complexity index is 66.8. The van der Waals surface area contributed by atoms with Crippen LogP contribution in [0, 0.1) is 0 Å². The number of carbonyl (C=O) groups excluding carboxylic acids is 1. The van der Waals surface area contributed by atoms with Gasteiger partial charge in [0.25, 0.3) is 0 Å². The van der Waals surface area contributed by atoms with Crippen LogP contribution >= 0.6 is 0 Å². The average Bonchev–Trinajstić information content (AvgIpc) is 1.68. The quantitative estimate of drug-likeness (QED) is 0.666. The minimum absolute atomic E-state index is 0.185. The molecule has 1 N–H and O–H groups in total. The third-order valence-corrected chi connectivity index (χ3v) is 1.27. The van der Waals surface area contributed by atoms with Gasteiger partial charge in [-0.1, -0.05) is 0 Å². The third kappa shape index (κ3) is 4.43. The molecule has 0 aliphatic rings. The third-order valence-electron chi connectivity index (χ3n) is 0.763. The zero-order valence-corrected chi connectivity index (χ0v) is 7.88. The Kier molecular flexibility index (Phi) is 5.59. The van der Waals surface area contributed by atoms with Crippen LogP contribution in [0.15, 0.2) is 0 Å². The number of amides is 1. The summed E-state index contributed by atoms with van der Waals surface area (Å²) < 4.78 is 0.839. The maximum absolute atomic E-state index is 10.5. The van der Waals surface area contributed by atoms with Crippen molar-refractivity contribution >= 4 is 28.4 Å². The zero-order valence-electron chi connectivity index (χ0n) is 5.03. The molecule has 45 valence electrons. The van der Waals surface area contributed by atoms with E-state index in [4.69, 9.17) is 0 Å². The van der Waals surface area contributed by atoms with Crippen molar-refractivity contribution in [3.63, 3.8) is 0 Å². The summed E-state index contributed by atoms with van der Waals surface area (Å²) in [6, 6.07) is 0. The molecule has 0 aromatic rings. The monoisotopic (exact) mass is 220 g/mol. The van der Waals surface area contributed by atoms with E-state index in [9.17, 15) is 4.79 Å². The Labute approximate surface area is 63.1 Å². The molecule has 0 aromatic heterocycles. The number of carbonyl (C=O) groups is 1. The van der Waals surface area contributed by atoms with E-state index < -0.39 is 0 Å². The average molecular weight is 219 g/mol. The molecule has 0 saturated heterocycles. The second-order valence-electron chi connectivity index (χ2n) is 1.53. The van der Waals surface area contributed by atoms with Gasteiger partial charge < -0.3 is 0 Å². The molecule has 0 aromatic carbocycles. The number of hydrogen-bond acceptors (Lipinski definition) is 1. The van der Waals surface area contributed by atoms with Crippen molar-refractivity contribution < 1.29 is 4.79 Å². The molecule has 8 heavy (non-hydrogen) atoms. The summed E-state index contributed by atoms with van der Waals surface area (Å²) in [7, 11) is 0. The second kappa shape index (κ2) is 5.41. The predicted octanol–water partition coefficient (Wildman–Crippen LogP) is 0.0287. The van der Waals surface area contributed by atoms with E-state index >= 15 is 0 Å². The maximum atomic E-state index is 10.5. The van der Waals surface area contributed by atoms with Gasteiger partial charge in [0.1, 0.15) is 0 Å². The van der Waals surface area contributed by atoms with Crippen LogP contribution in [0.1, 0.15) is 19.8 Å². The molecule has 0 rings (SSSR count). The van der Waals surface area contributed by atoms with Crippen molar-refractivity contribution in [1.29, 1.82) is 0 Å². The minimum atomic E-state index is 0.185. The molecule has 0 fully saturated rings. The number of nitrogens with one attached hydrogen (secondary N) is 1. The van der Waals surface area contributed by atoms with Crippen molar-refractivity contribution in [3.8, 4) is 0 Å². The molecule has 0 unspecified atom stereocenters. The van der Waals surface area contributed by atoms with Gasteiger partial charge in [0, 0.05) is 0 Å². The summed E-state index contributed by atoms with van der Waals surface area (Å²) in [4.78, 5) is 10.5. The first-order valence-corrected chi connectivity index (χ1v) is 4.74. The van der Waals surface area contributed by atoms with Gasteiger partial charge >= 0.3 is 62.9 Å². The van der Waals surface area contributed by atoms with Gasteiger partial charge in [0.15, 0.2) is 0 Å². The van der Waals surface area contributed by atoms with Crippen molar-refractivity contribution in [2.45, 2.75) is 19.8 Å². The van der Waals surface area contributed by atoms with Gasteiger partial charge in [-0.05, 0) is 0 Å². The number of rotatable bonds is 3. The Morgan fingerprint density at radius 1 is 1.75 bits per heavy atom. The van der Waals surface area contributed by atoms with Crippen molar-refractivity contribution in [3.05, 3.63) is 0 Å². The summed E-state index contributed by atoms with van der Waals surface area (Å²) in [6.45, 7) is 2.00. The molecule has 1 amide bonds. The number of hydrogen-bond donors (Lipinski definition) is 1. The van der Waals surface area contributed by atoms with Gasteiger partial charge in [-0.15, -0.1) is 0 Å². The van der Waals surface area contributed by atoms with E-state index in [1.165, 1.54) is 22.5 Å².